The fourth-order valence-electron chi connectivity index (χ4n) is 2.32. The lowest BCUT2D eigenvalue weighted by atomic mass is 10.3. The van der Waals surface area contributed by atoms with Crippen molar-refractivity contribution in [3.8, 4) is 0 Å². The molecular formula is C14H18Cl2N3O2+. The van der Waals surface area contributed by atoms with Gasteiger partial charge in [-0.3, -0.25) is 9.59 Å². The Labute approximate surface area is 133 Å². The van der Waals surface area contributed by atoms with E-state index in [0.717, 1.165) is 13.1 Å². The molecule has 1 aromatic rings. The van der Waals surface area contributed by atoms with E-state index in [1.165, 1.54) is 4.90 Å². The third-order valence-electron chi connectivity index (χ3n) is 3.53. The third kappa shape index (κ3) is 4.59. The lowest BCUT2D eigenvalue weighted by molar-refractivity contribution is -0.895. The van der Waals surface area contributed by atoms with Gasteiger partial charge in [-0.05, 0) is 18.2 Å². The highest BCUT2D eigenvalue weighted by Gasteiger charge is 2.23. The smallest absolute Gasteiger partial charge is 0.279 e. The van der Waals surface area contributed by atoms with Crippen LogP contribution in [0.4, 0.5) is 5.69 Å². The van der Waals surface area contributed by atoms with Gasteiger partial charge < -0.3 is 15.1 Å². The summed E-state index contributed by atoms with van der Waals surface area (Å²) < 4.78 is 0. The first-order chi connectivity index (χ1) is 9.95. The Balaban J connectivity index is 1.82. The topological polar surface area (TPSA) is 53.9 Å². The zero-order valence-electron chi connectivity index (χ0n) is 11.8. The number of carbonyl (C=O) groups excluding carboxylic acids is 2. The van der Waals surface area contributed by atoms with E-state index in [-0.39, 0.29) is 11.8 Å². The van der Waals surface area contributed by atoms with Crippen molar-refractivity contribution < 1.29 is 14.5 Å². The minimum absolute atomic E-state index is 0.0698. The van der Waals surface area contributed by atoms with Gasteiger partial charge in [0.1, 0.15) is 0 Å². The van der Waals surface area contributed by atoms with Crippen molar-refractivity contribution in [3.05, 3.63) is 28.2 Å². The number of anilines is 1. The molecule has 0 atom stereocenters. The van der Waals surface area contributed by atoms with E-state index < -0.39 is 0 Å². The summed E-state index contributed by atoms with van der Waals surface area (Å²) in [5, 5.41) is 3.68. The molecule has 1 fully saturated rings. The fraction of sp³-hybridized carbons (Fsp3) is 0.429. The van der Waals surface area contributed by atoms with Crippen molar-refractivity contribution >= 4 is 40.7 Å². The van der Waals surface area contributed by atoms with Gasteiger partial charge in [-0.15, -0.1) is 0 Å². The minimum Gasteiger partial charge on any atom is -0.332 e. The highest BCUT2D eigenvalue weighted by Crippen LogP contribution is 2.24. The summed E-state index contributed by atoms with van der Waals surface area (Å²) in [6.07, 6.45) is 0. The van der Waals surface area contributed by atoms with Crippen LogP contribution in [0.2, 0.25) is 10.0 Å². The van der Waals surface area contributed by atoms with Crippen molar-refractivity contribution in [1.29, 1.82) is 0 Å². The second kappa shape index (κ2) is 7.11. The molecule has 114 valence electrons. The van der Waals surface area contributed by atoms with Crippen LogP contribution in [0.3, 0.4) is 0 Å². The Morgan fingerprint density at radius 3 is 2.48 bits per heavy atom. The number of rotatable bonds is 3. The van der Waals surface area contributed by atoms with Gasteiger partial charge in [0, 0.05) is 12.6 Å². The van der Waals surface area contributed by atoms with Gasteiger partial charge in [-0.25, -0.2) is 0 Å². The normalized spacial score (nSPS) is 15.9. The molecule has 1 aliphatic rings. The van der Waals surface area contributed by atoms with Crippen LogP contribution in [0.5, 0.6) is 0 Å². The third-order valence-corrected chi connectivity index (χ3v) is 4.27. The second-order valence-corrected chi connectivity index (χ2v) is 5.92. The summed E-state index contributed by atoms with van der Waals surface area (Å²) in [4.78, 5) is 26.2. The van der Waals surface area contributed by atoms with E-state index in [1.54, 1.807) is 30.0 Å². The lowest BCUT2D eigenvalue weighted by Gasteiger charge is -2.31. The molecular weight excluding hydrogens is 313 g/mol. The summed E-state index contributed by atoms with van der Waals surface area (Å²) in [6, 6.07) is 5.00. The number of halogens is 2. The van der Waals surface area contributed by atoms with Crippen LogP contribution in [0.15, 0.2) is 18.2 Å². The predicted molar refractivity (Wildman–Crippen MR) is 82.9 cm³/mol. The number of nitrogens with one attached hydrogen (secondary N) is 2. The molecule has 0 unspecified atom stereocenters. The first-order valence-electron chi connectivity index (χ1n) is 6.79. The van der Waals surface area contributed by atoms with Gasteiger partial charge in [0.2, 0.25) is 5.91 Å². The lowest BCUT2D eigenvalue weighted by Crippen LogP contribution is -3.15. The minimum atomic E-state index is -0.0698. The fourth-order valence-corrected chi connectivity index (χ4v) is 2.62. The second-order valence-electron chi connectivity index (χ2n) is 5.11. The predicted octanol–water partition coefficient (Wildman–Crippen LogP) is 0.679. The van der Waals surface area contributed by atoms with E-state index in [4.69, 9.17) is 23.2 Å². The average Bonchev–Trinajstić information content (AvgIpc) is 2.43. The highest BCUT2D eigenvalue weighted by molar-refractivity contribution is 6.42. The highest BCUT2D eigenvalue weighted by atomic mass is 35.5. The number of carbonyl (C=O) groups is 2. The van der Waals surface area contributed by atoms with E-state index in [0.29, 0.717) is 35.4 Å². The Morgan fingerprint density at radius 2 is 1.90 bits per heavy atom. The van der Waals surface area contributed by atoms with Crippen molar-refractivity contribution in [1.82, 2.24) is 4.90 Å². The van der Waals surface area contributed by atoms with Crippen LogP contribution >= 0.6 is 23.2 Å². The molecule has 1 heterocycles. The van der Waals surface area contributed by atoms with Gasteiger partial charge in [-0.2, -0.15) is 0 Å². The van der Waals surface area contributed by atoms with Crippen LogP contribution in [0, 0.1) is 0 Å². The number of piperazine rings is 1. The van der Waals surface area contributed by atoms with Crippen LogP contribution in [-0.4, -0.2) is 49.4 Å². The van der Waals surface area contributed by atoms with Crippen molar-refractivity contribution in [2.75, 3.05) is 38.0 Å². The van der Waals surface area contributed by atoms with Crippen LogP contribution in [0.1, 0.15) is 6.92 Å². The van der Waals surface area contributed by atoms with Crippen LogP contribution < -0.4 is 10.2 Å². The van der Waals surface area contributed by atoms with Crippen LogP contribution in [-0.2, 0) is 9.59 Å². The van der Waals surface area contributed by atoms with Crippen molar-refractivity contribution in [2.24, 2.45) is 0 Å². The number of benzene rings is 1. The molecule has 2 amide bonds. The maximum absolute atomic E-state index is 12.0. The van der Waals surface area contributed by atoms with E-state index in [2.05, 4.69) is 5.32 Å². The summed E-state index contributed by atoms with van der Waals surface area (Å²) in [6.45, 7) is 4.92. The summed E-state index contributed by atoms with van der Waals surface area (Å²) >= 11 is 11.7. The summed E-state index contributed by atoms with van der Waals surface area (Å²) in [7, 11) is 0. The van der Waals surface area contributed by atoms with Gasteiger partial charge in [-0.1, -0.05) is 23.2 Å². The largest absolute Gasteiger partial charge is 0.332 e. The Kier molecular flexibility index (Phi) is 5.45. The molecule has 2 rings (SSSR count). The molecule has 0 bridgehead atoms. The number of amides is 2. The zero-order chi connectivity index (χ0) is 15.4. The van der Waals surface area contributed by atoms with Gasteiger partial charge >= 0.3 is 0 Å². The quantitative estimate of drug-likeness (QED) is 0.856. The zero-order valence-corrected chi connectivity index (χ0v) is 13.3. The molecule has 5 nitrogen and oxygen atoms in total. The van der Waals surface area contributed by atoms with Gasteiger partial charge in [0.15, 0.2) is 6.54 Å². The molecule has 0 saturated carbocycles. The van der Waals surface area contributed by atoms with Gasteiger partial charge in [0.25, 0.3) is 5.91 Å². The first kappa shape index (κ1) is 16.1. The number of quaternary nitrogens is 1. The van der Waals surface area contributed by atoms with Crippen LogP contribution in [0.25, 0.3) is 0 Å². The average molecular weight is 331 g/mol. The molecule has 21 heavy (non-hydrogen) atoms. The number of hydrogen-bond donors (Lipinski definition) is 2. The molecule has 1 aliphatic heterocycles. The Morgan fingerprint density at radius 1 is 1.24 bits per heavy atom. The van der Waals surface area contributed by atoms with Gasteiger partial charge in [0.05, 0.1) is 36.2 Å². The number of hydrogen-bond acceptors (Lipinski definition) is 2. The molecule has 0 aromatic heterocycles. The number of nitrogens with zero attached hydrogens (tertiary/aromatic N) is 1. The molecule has 0 aliphatic carbocycles. The van der Waals surface area contributed by atoms with E-state index >= 15 is 0 Å². The molecule has 1 saturated heterocycles. The molecule has 0 spiro atoms. The Hall–Kier alpha value is -1.30. The maximum atomic E-state index is 12.0. The molecule has 2 N–H and O–H groups in total. The van der Waals surface area contributed by atoms with E-state index in [1.807, 2.05) is 0 Å². The Bertz CT molecular complexity index is 543. The first-order valence-corrected chi connectivity index (χ1v) is 7.55. The molecule has 0 radical (unpaired) electrons. The molecule has 1 aromatic carbocycles. The van der Waals surface area contributed by atoms with Crippen molar-refractivity contribution in [2.45, 2.75) is 6.92 Å². The standard InChI is InChI=1S/C14H17Cl2N3O2/c1-10(20)19-6-4-18(5-7-19)9-14(21)17-11-2-3-12(15)13(16)8-11/h2-3,8H,4-7,9H2,1H3,(H,17,21)/p+1. The van der Waals surface area contributed by atoms with Crippen molar-refractivity contribution in [3.63, 3.8) is 0 Å². The monoisotopic (exact) mass is 330 g/mol. The SMILES string of the molecule is CC(=O)N1CC[NH+](CC(=O)Nc2ccc(Cl)c(Cl)c2)CC1. The maximum Gasteiger partial charge on any atom is 0.279 e. The summed E-state index contributed by atoms with van der Waals surface area (Å²) in [5.41, 5.74) is 0.635. The van der Waals surface area contributed by atoms with E-state index in [9.17, 15) is 9.59 Å². The summed E-state index contributed by atoms with van der Waals surface area (Å²) in [5.74, 6) is 0.0222. The molecule has 7 heteroatoms.